The third-order valence-electron chi connectivity index (χ3n) is 4.31. The fourth-order valence-electron chi connectivity index (χ4n) is 2.70. The van der Waals surface area contributed by atoms with E-state index in [0.717, 1.165) is 21.9 Å². The van der Waals surface area contributed by atoms with Crippen LogP contribution in [0.2, 0.25) is 0 Å². The van der Waals surface area contributed by atoms with Gasteiger partial charge in [0, 0.05) is 15.5 Å². The molecular weight excluding hydrogens is 419 g/mol. The van der Waals surface area contributed by atoms with E-state index in [1.807, 2.05) is 24.3 Å². The van der Waals surface area contributed by atoms with E-state index in [-0.39, 0.29) is 5.82 Å². The largest absolute Gasteiger partial charge is 0.465 e. The Balaban J connectivity index is 1.82. The Morgan fingerprint density at radius 3 is 2.37 bits per heavy atom. The number of anilines is 2. The lowest BCUT2D eigenvalue weighted by atomic mass is 10.1. The Morgan fingerprint density at radius 1 is 1.03 bits per heavy atom. The van der Waals surface area contributed by atoms with Crippen LogP contribution < -0.4 is 10.6 Å². The lowest BCUT2D eigenvalue weighted by Gasteiger charge is -2.15. The summed E-state index contributed by atoms with van der Waals surface area (Å²) in [6, 6.07) is 19.4. The Kier molecular flexibility index (Phi) is 7.43. The second-order valence-corrected chi connectivity index (χ2v) is 7.91. The van der Waals surface area contributed by atoms with Crippen molar-refractivity contribution >= 4 is 46.4 Å². The number of ether oxygens (including phenoxy) is 1. The minimum Gasteiger partial charge on any atom is -0.465 e. The Morgan fingerprint density at radius 2 is 1.73 bits per heavy atom. The fraction of sp³-hybridized carbons (Fsp3) is 0.130. The second-order valence-electron chi connectivity index (χ2n) is 6.39. The number of halogens is 1. The number of thiocarbonyl (C=S) groups is 1. The molecule has 4 nitrogen and oxygen atoms in total. The van der Waals surface area contributed by atoms with Crippen molar-refractivity contribution in [3.8, 4) is 0 Å². The van der Waals surface area contributed by atoms with Crippen LogP contribution >= 0.6 is 24.0 Å². The van der Waals surface area contributed by atoms with E-state index < -0.39 is 5.97 Å². The molecule has 0 fully saturated rings. The highest BCUT2D eigenvalue weighted by molar-refractivity contribution is 7.99. The third kappa shape index (κ3) is 5.81. The molecule has 154 valence electrons. The molecule has 3 rings (SSSR count). The molecule has 0 aliphatic heterocycles. The summed E-state index contributed by atoms with van der Waals surface area (Å²) in [6.45, 7) is 2.10. The maximum absolute atomic E-state index is 13.2. The Bertz CT molecular complexity index is 1040. The molecule has 3 aromatic carbocycles. The molecule has 0 bridgehead atoms. The van der Waals surface area contributed by atoms with E-state index in [0.29, 0.717) is 16.4 Å². The average molecular weight is 441 g/mol. The van der Waals surface area contributed by atoms with Gasteiger partial charge in [-0.2, -0.15) is 0 Å². The molecular formula is C23H21FN2O2S2. The first-order valence-electron chi connectivity index (χ1n) is 9.31. The SMILES string of the molecule is CCc1ccc(NC(=S)Nc2cc(C(=O)OC)ccc2Sc2ccc(F)cc2)cc1. The maximum atomic E-state index is 13.2. The molecule has 3 aromatic rings. The van der Waals surface area contributed by atoms with E-state index in [2.05, 4.69) is 17.6 Å². The van der Waals surface area contributed by atoms with Crippen molar-refractivity contribution in [1.29, 1.82) is 0 Å². The quantitative estimate of drug-likeness (QED) is 0.355. The predicted octanol–water partition coefficient (Wildman–Crippen LogP) is 6.13. The van der Waals surface area contributed by atoms with Crippen molar-refractivity contribution in [1.82, 2.24) is 0 Å². The molecule has 0 unspecified atom stereocenters. The average Bonchev–Trinajstić information content (AvgIpc) is 2.76. The van der Waals surface area contributed by atoms with Gasteiger partial charge in [0.1, 0.15) is 5.82 Å². The van der Waals surface area contributed by atoms with Crippen LogP contribution in [0, 0.1) is 5.82 Å². The smallest absolute Gasteiger partial charge is 0.337 e. The summed E-state index contributed by atoms with van der Waals surface area (Å²) >= 11 is 6.90. The predicted molar refractivity (Wildman–Crippen MR) is 124 cm³/mol. The van der Waals surface area contributed by atoms with Crippen LogP contribution in [0.15, 0.2) is 76.5 Å². The van der Waals surface area contributed by atoms with Gasteiger partial charge in [0.2, 0.25) is 0 Å². The second kappa shape index (κ2) is 10.2. The standard InChI is InChI=1S/C23H21FN2O2S2/c1-3-15-4-9-18(10-5-15)25-23(29)26-20-14-16(22(27)28-2)6-13-21(20)30-19-11-7-17(24)8-12-19/h4-14H,3H2,1-2H3,(H2,25,26,29). The molecule has 0 saturated heterocycles. The van der Waals surface area contributed by atoms with Gasteiger partial charge in [-0.1, -0.05) is 30.8 Å². The summed E-state index contributed by atoms with van der Waals surface area (Å²) in [6.07, 6.45) is 0.966. The Labute approximate surface area is 184 Å². The molecule has 0 aliphatic rings. The van der Waals surface area contributed by atoms with Crippen molar-refractivity contribution < 1.29 is 13.9 Å². The van der Waals surface area contributed by atoms with Crippen molar-refractivity contribution in [2.24, 2.45) is 0 Å². The highest BCUT2D eigenvalue weighted by atomic mass is 32.2. The van der Waals surface area contributed by atoms with Gasteiger partial charge in [-0.25, -0.2) is 9.18 Å². The zero-order valence-corrected chi connectivity index (χ0v) is 18.2. The first-order chi connectivity index (χ1) is 14.5. The normalized spacial score (nSPS) is 10.4. The van der Waals surface area contributed by atoms with Gasteiger partial charge < -0.3 is 15.4 Å². The van der Waals surface area contributed by atoms with E-state index in [1.54, 1.807) is 30.3 Å². The van der Waals surface area contributed by atoms with E-state index in [1.165, 1.54) is 36.6 Å². The lowest BCUT2D eigenvalue weighted by molar-refractivity contribution is 0.0600. The number of rotatable bonds is 6. The van der Waals surface area contributed by atoms with Gasteiger partial charge >= 0.3 is 5.97 Å². The number of carbonyl (C=O) groups is 1. The molecule has 7 heteroatoms. The van der Waals surface area contributed by atoms with Crippen LogP contribution in [0.25, 0.3) is 0 Å². The summed E-state index contributed by atoms with van der Waals surface area (Å²) in [5.41, 5.74) is 3.15. The third-order valence-corrected chi connectivity index (χ3v) is 5.60. The number of nitrogens with one attached hydrogen (secondary N) is 2. The van der Waals surface area contributed by atoms with E-state index in [4.69, 9.17) is 17.0 Å². The summed E-state index contributed by atoms with van der Waals surface area (Å²) in [4.78, 5) is 13.7. The minimum atomic E-state index is -0.439. The number of benzene rings is 3. The van der Waals surface area contributed by atoms with Gasteiger partial charge in [0.15, 0.2) is 5.11 Å². The van der Waals surface area contributed by atoms with Crippen molar-refractivity contribution in [2.45, 2.75) is 23.1 Å². The molecule has 30 heavy (non-hydrogen) atoms. The zero-order valence-electron chi connectivity index (χ0n) is 16.6. The van der Waals surface area contributed by atoms with E-state index >= 15 is 0 Å². The van der Waals surface area contributed by atoms with Crippen molar-refractivity contribution in [2.75, 3.05) is 17.7 Å². The van der Waals surface area contributed by atoms with Crippen molar-refractivity contribution in [3.05, 3.63) is 83.7 Å². The van der Waals surface area contributed by atoms with Crippen LogP contribution in [0.1, 0.15) is 22.8 Å². The van der Waals surface area contributed by atoms with E-state index in [9.17, 15) is 9.18 Å². The fourth-order valence-corrected chi connectivity index (χ4v) is 3.81. The van der Waals surface area contributed by atoms with Gasteiger partial charge in [-0.3, -0.25) is 0 Å². The summed E-state index contributed by atoms with van der Waals surface area (Å²) in [5.74, 6) is -0.733. The monoisotopic (exact) mass is 440 g/mol. The van der Waals surface area contributed by atoms with Crippen LogP contribution in [-0.2, 0) is 11.2 Å². The van der Waals surface area contributed by atoms with Crippen LogP contribution in [0.4, 0.5) is 15.8 Å². The first-order valence-corrected chi connectivity index (χ1v) is 10.5. The maximum Gasteiger partial charge on any atom is 0.337 e. The number of esters is 1. The molecule has 0 radical (unpaired) electrons. The topological polar surface area (TPSA) is 50.4 Å². The number of methoxy groups -OCH3 is 1. The zero-order chi connectivity index (χ0) is 21.5. The molecule has 0 heterocycles. The molecule has 0 aliphatic carbocycles. The van der Waals surface area contributed by atoms with Gasteiger partial charge in [-0.05, 0) is 78.8 Å². The summed E-state index contributed by atoms with van der Waals surface area (Å²) in [5, 5.41) is 6.70. The van der Waals surface area contributed by atoms with Gasteiger partial charge in [0.05, 0.1) is 18.4 Å². The summed E-state index contributed by atoms with van der Waals surface area (Å²) < 4.78 is 18.0. The molecule has 0 atom stereocenters. The molecule has 0 aromatic heterocycles. The molecule has 2 N–H and O–H groups in total. The first kappa shape index (κ1) is 21.8. The van der Waals surface area contributed by atoms with Gasteiger partial charge in [-0.15, -0.1) is 0 Å². The number of carbonyl (C=O) groups excluding carboxylic acids is 1. The minimum absolute atomic E-state index is 0.293. The Hall–Kier alpha value is -2.90. The highest BCUT2D eigenvalue weighted by Crippen LogP contribution is 2.34. The molecule has 0 saturated carbocycles. The number of aryl methyl sites for hydroxylation is 1. The number of hydrogen-bond acceptors (Lipinski definition) is 4. The van der Waals surface area contributed by atoms with Crippen LogP contribution in [0.3, 0.4) is 0 Å². The number of hydrogen-bond donors (Lipinski definition) is 2. The lowest BCUT2D eigenvalue weighted by Crippen LogP contribution is -2.19. The van der Waals surface area contributed by atoms with Crippen LogP contribution in [-0.4, -0.2) is 18.2 Å². The molecule has 0 amide bonds. The van der Waals surface area contributed by atoms with Crippen LogP contribution in [0.5, 0.6) is 0 Å². The highest BCUT2D eigenvalue weighted by Gasteiger charge is 2.12. The summed E-state index contributed by atoms with van der Waals surface area (Å²) in [7, 11) is 1.34. The molecule has 0 spiro atoms. The van der Waals surface area contributed by atoms with Crippen molar-refractivity contribution in [3.63, 3.8) is 0 Å². The van der Waals surface area contributed by atoms with Gasteiger partial charge in [0.25, 0.3) is 0 Å².